The first-order chi connectivity index (χ1) is 19.3. The number of esters is 2. The first kappa shape index (κ1) is 29.1. The van der Waals surface area contributed by atoms with E-state index in [0.717, 1.165) is 0 Å². The van der Waals surface area contributed by atoms with E-state index in [1.807, 2.05) is 19.1 Å². The molecule has 11 heteroatoms. The van der Waals surface area contributed by atoms with E-state index in [2.05, 4.69) is 4.99 Å². The van der Waals surface area contributed by atoms with Crippen LogP contribution in [-0.4, -0.2) is 42.9 Å². The van der Waals surface area contributed by atoms with Crippen molar-refractivity contribution in [3.63, 3.8) is 0 Å². The molecule has 1 aliphatic heterocycles. The van der Waals surface area contributed by atoms with Crippen LogP contribution in [0.4, 0.5) is 0 Å². The highest BCUT2D eigenvalue weighted by molar-refractivity contribution is 7.07. The second-order valence-electron chi connectivity index (χ2n) is 8.58. The molecule has 1 aromatic heterocycles. The number of nitrogens with zero attached hydrogens (tertiary/aromatic N) is 2. The lowest BCUT2D eigenvalue weighted by molar-refractivity contribution is -0.145. The van der Waals surface area contributed by atoms with Crippen molar-refractivity contribution < 1.29 is 28.5 Å². The summed E-state index contributed by atoms with van der Waals surface area (Å²) in [5, 5.41) is 0.426. The van der Waals surface area contributed by atoms with Gasteiger partial charge in [-0.2, -0.15) is 0 Å². The van der Waals surface area contributed by atoms with E-state index in [1.165, 1.54) is 15.9 Å². The molecule has 4 rings (SSSR count). The third-order valence-electron chi connectivity index (χ3n) is 5.93. The van der Waals surface area contributed by atoms with Gasteiger partial charge in [-0.15, -0.1) is 0 Å². The van der Waals surface area contributed by atoms with Gasteiger partial charge >= 0.3 is 11.9 Å². The van der Waals surface area contributed by atoms with Crippen molar-refractivity contribution in [1.82, 2.24) is 4.57 Å². The van der Waals surface area contributed by atoms with Crippen LogP contribution in [0.1, 0.15) is 44.9 Å². The van der Waals surface area contributed by atoms with Crippen LogP contribution in [0.25, 0.3) is 6.08 Å². The maximum Gasteiger partial charge on any atom is 0.344 e. The Kier molecular flexibility index (Phi) is 9.44. The summed E-state index contributed by atoms with van der Waals surface area (Å²) >= 11 is 7.41. The first-order valence-electron chi connectivity index (χ1n) is 12.8. The first-order valence-corrected chi connectivity index (χ1v) is 14.0. The SMILES string of the molecule is CCOC(=O)COc1ccc(Cl)cc1/C=c1\sc2n(c1=O)[C@H](c1ccc(OCC)cc1)C(C(=O)OCC)=C(C)N=2. The molecular weight excluding hydrogens is 556 g/mol. The van der Waals surface area contributed by atoms with Crippen molar-refractivity contribution in [2.75, 3.05) is 26.4 Å². The highest BCUT2D eigenvalue weighted by Crippen LogP contribution is 2.32. The summed E-state index contributed by atoms with van der Waals surface area (Å²) in [6.07, 6.45) is 1.63. The standard InChI is InChI=1S/C29H29ClN2O7S/c1-5-36-21-11-8-18(9-12-21)26-25(28(35)38-7-3)17(4)31-29-32(26)27(34)23(40-29)15-19-14-20(30)10-13-22(19)39-16-24(33)37-6-2/h8-15,26H,5-7,16H2,1-4H3/b23-15-/t26-/m1/s1. The number of aromatic nitrogens is 1. The number of hydrogen-bond acceptors (Lipinski definition) is 9. The van der Waals surface area contributed by atoms with Crippen LogP contribution in [0.2, 0.25) is 5.02 Å². The fraction of sp³-hybridized carbons (Fsp3) is 0.310. The van der Waals surface area contributed by atoms with Crippen molar-refractivity contribution in [2.24, 2.45) is 4.99 Å². The molecule has 9 nitrogen and oxygen atoms in total. The number of halogens is 1. The summed E-state index contributed by atoms with van der Waals surface area (Å²) in [4.78, 5) is 43.8. The summed E-state index contributed by atoms with van der Waals surface area (Å²) in [5.41, 5.74) is 1.60. The fourth-order valence-corrected chi connectivity index (χ4v) is 5.48. The molecule has 0 radical (unpaired) electrons. The van der Waals surface area contributed by atoms with Gasteiger partial charge in [-0.25, -0.2) is 14.6 Å². The van der Waals surface area contributed by atoms with Gasteiger partial charge in [0.05, 0.1) is 41.7 Å². The molecule has 0 aliphatic carbocycles. The molecule has 210 valence electrons. The predicted octanol–water partition coefficient (Wildman–Crippen LogP) is 3.79. The smallest absolute Gasteiger partial charge is 0.344 e. The van der Waals surface area contributed by atoms with Crippen LogP contribution in [0.15, 0.2) is 63.5 Å². The summed E-state index contributed by atoms with van der Waals surface area (Å²) in [5.74, 6) is -0.0235. The van der Waals surface area contributed by atoms with Gasteiger partial charge in [-0.05, 0) is 69.7 Å². The molecule has 0 unspecified atom stereocenters. The van der Waals surface area contributed by atoms with Gasteiger partial charge in [0, 0.05) is 10.6 Å². The third-order valence-corrected chi connectivity index (χ3v) is 7.15. The van der Waals surface area contributed by atoms with Gasteiger partial charge in [-0.1, -0.05) is 35.1 Å². The van der Waals surface area contributed by atoms with Gasteiger partial charge in [0.15, 0.2) is 11.4 Å². The molecule has 3 aromatic rings. The van der Waals surface area contributed by atoms with E-state index >= 15 is 0 Å². The molecule has 2 aromatic carbocycles. The zero-order valence-electron chi connectivity index (χ0n) is 22.6. The Labute approximate surface area is 239 Å². The average molecular weight is 585 g/mol. The fourth-order valence-electron chi connectivity index (χ4n) is 4.26. The number of ether oxygens (including phenoxy) is 4. The number of carbonyl (C=O) groups excluding carboxylic acids is 2. The van der Waals surface area contributed by atoms with E-state index in [4.69, 9.17) is 30.5 Å². The molecule has 0 fully saturated rings. The number of allylic oxidation sites excluding steroid dienone is 1. The Morgan fingerprint density at radius 2 is 1.75 bits per heavy atom. The molecule has 40 heavy (non-hydrogen) atoms. The quantitative estimate of drug-likeness (QED) is 0.334. The van der Waals surface area contributed by atoms with Gasteiger partial charge in [0.2, 0.25) is 0 Å². The maximum absolute atomic E-state index is 13.9. The van der Waals surface area contributed by atoms with E-state index in [1.54, 1.807) is 57.2 Å². The molecule has 0 amide bonds. The number of hydrogen-bond donors (Lipinski definition) is 0. The molecule has 0 saturated carbocycles. The van der Waals surface area contributed by atoms with Gasteiger partial charge in [0.25, 0.3) is 5.56 Å². The van der Waals surface area contributed by atoms with Crippen molar-refractivity contribution in [1.29, 1.82) is 0 Å². The van der Waals surface area contributed by atoms with Crippen LogP contribution in [0.3, 0.4) is 0 Å². The average Bonchev–Trinajstić information content (AvgIpc) is 3.22. The van der Waals surface area contributed by atoms with Crippen LogP contribution in [0, 0.1) is 0 Å². The molecular formula is C29H29ClN2O7S. The van der Waals surface area contributed by atoms with Crippen LogP contribution < -0.4 is 24.4 Å². The van der Waals surface area contributed by atoms with E-state index in [0.29, 0.717) is 49.3 Å². The molecule has 1 atom stereocenters. The molecule has 0 N–H and O–H groups in total. The number of carbonyl (C=O) groups is 2. The van der Waals surface area contributed by atoms with Crippen molar-refractivity contribution in [2.45, 2.75) is 33.7 Å². The zero-order valence-corrected chi connectivity index (χ0v) is 24.1. The minimum absolute atomic E-state index is 0.180. The summed E-state index contributed by atoms with van der Waals surface area (Å²) in [6.45, 7) is 7.68. The normalized spacial score (nSPS) is 14.8. The van der Waals surface area contributed by atoms with Crippen LogP contribution in [-0.2, 0) is 19.1 Å². The summed E-state index contributed by atoms with van der Waals surface area (Å²) in [6, 6.07) is 11.4. The number of rotatable bonds is 10. The van der Waals surface area contributed by atoms with Gasteiger partial charge in [0.1, 0.15) is 11.5 Å². The monoisotopic (exact) mass is 584 g/mol. The minimum atomic E-state index is -0.757. The lowest BCUT2D eigenvalue weighted by Gasteiger charge is -2.24. The molecule has 0 bridgehead atoms. The zero-order chi connectivity index (χ0) is 28.8. The van der Waals surface area contributed by atoms with Crippen molar-refractivity contribution in [3.8, 4) is 11.5 Å². The lowest BCUT2D eigenvalue weighted by atomic mass is 9.96. The van der Waals surface area contributed by atoms with E-state index in [9.17, 15) is 14.4 Å². The Morgan fingerprint density at radius 3 is 2.42 bits per heavy atom. The van der Waals surface area contributed by atoms with E-state index in [-0.39, 0.29) is 31.0 Å². The number of fused-ring (bicyclic) bond motifs is 1. The van der Waals surface area contributed by atoms with Gasteiger partial charge < -0.3 is 18.9 Å². The van der Waals surface area contributed by atoms with Crippen molar-refractivity contribution in [3.05, 3.63) is 89.6 Å². The Balaban J connectivity index is 1.85. The molecule has 0 spiro atoms. The Hall–Kier alpha value is -3.89. The van der Waals surface area contributed by atoms with E-state index < -0.39 is 18.0 Å². The van der Waals surface area contributed by atoms with Crippen LogP contribution in [0.5, 0.6) is 11.5 Å². The highest BCUT2D eigenvalue weighted by Gasteiger charge is 2.33. The van der Waals surface area contributed by atoms with Crippen LogP contribution >= 0.6 is 22.9 Å². The summed E-state index contributed by atoms with van der Waals surface area (Å²) < 4.78 is 23.4. The topological polar surface area (TPSA) is 105 Å². The molecule has 1 aliphatic rings. The highest BCUT2D eigenvalue weighted by atomic mass is 35.5. The molecule has 0 saturated heterocycles. The maximum atomic E-state index is 13.9. The largest absolute Gasteiger partial charge is 0.494 e. The molecule has 2 heterocycles. The Bertz CT molecular complexity index is 1620. The number of benzene rings is 2. The minimum Gasteiger partial charge on any atom is -0.494 e. The van der Waals surface area contributed by atoms with Crippen molar-refractivity contribution >= 4 is 41.0 Å². The summed E-state index contributed by atoms with van der Waals surface area (Å²) in [7, 11) is 0. The Morgan fingerprint density at radius 1 is 1.02 bits per heavy atom. The van der Waals surface area contributed by atoms with Gasteiger partial charge in [-0.3, -0.25) is 9.36 Å². The predicted molar refractivity (Wildman–Crippen MR) is 152 cm³/mol. The second-order valence-corrected chi connectivity index (χ2v) is 10.0. The number of thiazole rings is 1. The second kappa shape index (κ2) is 13.0. The third kappa shape index (κ3) is 6.29. The lowest BCUT2D eigenvalue weighted by Crippen LogP contribution is -2.39.